The van der Waals surface area contributed by atoms with E-state index in [9.17, 15) is 0 Å². The Morgan fingerprint density at radius 2 is 1.09 bits per heavy atom. The maximum absolute atomic E-state index is 3.80. The van der Waals surface area contributed by atoms with E-state index in [1.165, 1.54) is 57.9 Å². The average Bonchev–Trinajstić information content (AvgIpc) is 2.65. The van der Waals surface area contributed by atoms with Gasteiger partial charge in [0.15, 0.2) is 0 Å². The lowest BCUT2D eigenvalue weighted by Crippen LogP contribution is -2.33. The molecule has 0 radical (unpaired) electrons. The molecule has 206 valence electrons. The van der Waals surface area contributed by atoms with E-state index in [0.717, 1.165) is 32.1 Å². The number of hydrogen-bond donors (Lipinski definition) is 3. The van der Waals surface area contributed by atoms with Crippen molar-refractivity contribution < 1.29 is 0 Å². The molecule has 0 bridgehead atoms. The predicted molar refractivity (Wildman–Crippen MR) is 156 cm³/mol. The maximum atomic E-state index is 3.80. The third-order valence-electron chi connectivity index (χ3n) is 6.97. The molecule has 0 saturated carbocycles. The number of rotatable bonds is 18. The van der Waals surface area contributed by atoms with Gasteiger partial charge in [-0.1, -0.05) is 76.2 Å². The van der Waals surface area contributed by atoms with Gasteiger partial charge in [0, 0.05) is 12.6 Å². The molecule has 0 fully saturated rings. The van der Waals surface area contributed by atoms with E-state index >= 15 is 0 Å². The fourth-order valence-corrected chi connectivity index (χ4v) is 4.25. The molecule has 3 N–H and O–H groups in total. The molecule has 0 aliphatic carbocycles. The van der Waals surface area contributed by atoms with Crippen molar-refractivity contribution in [3.63, 3.8) is 0 Å². The molecular weight excluding hydrogens is 414 g/mol. The molecule has 34 heavy (non-hydrogen) atoms. The van der Waals surface area contributed by atoms with Gasteiger partial charge in [-0.05, 0) is 112 Å². The first kappa shape index (κ1) is 33.9. The summed E-state index contributed by atoms with van der Waals surface area (Å²) in [6, 6.07) is 0.615. The first-order chi connectivity index (χ1) is 15.4. The zero-order valence-corrected chi connectivity index (χ0v) is 25.8. The Labute approximate surface area is 216 Å². The van der Waals surface area contributed by atoms with Crippen LogP contribution in [-0.2, 0) is 0 Å². The second kappa shape index (κ2) is 15.9. The summed E-state index contributed by atoms with van der Waals surface area (Å²) in [4.78, 5) is 0. The summed E-state index contributed by atoms with van der Waals surface area (Å²) >= 11 is 0. The summed E-state index contributed by atoms with van der Waals surface area (Å²) in [6.45, 7) is 34.0. The zero-order valence-electron chi connectivity index (χ0n) is 25.8. The Morgan fingerprint density at radius 1 is 0.559 bits per heavy atom. The van der Waals surface area contributed by atoms with Gasteiger partial charge >= 0.3 is 0 Å². The molecule has 2 atom stereocenters. The van der Waals surface area contributed by atoms with Crippen LogP contribution >= 0.6 is 0 Å². The van der Waals surface area contributed by atoms with Crippen molar-refractivity contribution in [3.05, 3.63) is 0 Å². The fourth-order valence-electron chi connectivity index (χ4n) is 4.25. The molecule has 0 amide bonds. The van der Waals surface area contributed by atoms with E-state index in [1.54, 1.807) is 0 Å². The first-order valence-electron chi connectivity index (χ1n) is 14.5. The topological polar surface area (TPSA) is 36.1 Å². The molecule has 0 spiro atoms. The highest BCUT2D eigenvalue weighted by atomic mass is 14.9. The van der Waals surface area contributed by atoms with E-state index in [1.807, 2.05) is 0 Å². The van der Waals surface area contributed by atoms with Gasteiger partial charge in [-0.2, -0.15) is 0 Å². The molecule has 3 nitrogen and oxygen atoms in total. The van der Waals surface area contributed by atoms with E-state index in [4.69, 9.17) is 0 Å². The van der Waals surface area contributed by atoms with Crippen LogP contribution in [0.15, 0.2) is 0 Å². The van der Waals surface area contributed by atoms with Gasteiger partial charge in [0.05, 0.1) is 0 Å². The van der Waals surface area contributed by atoms with Crippen molar-refractivity contribution in [2.45, 2.75) is 140 Å². The van der Waals surface area contributed by atoms with Crippen molar-refractivity contribution in [1.29, 1.82) is 0 Å². The van der Waals surface area contributed by atoms with Gasteiger partial charge in [-0.3, -0.25) is 0 Å². The Kier molecular flexibility index (Phi) is 15.8. The van der Waals surface area contributed by atoms with Crippen LogP contribution in [0.3, 0.4) is 0 Å². The minimum Gasteiger partial charge on any atom is -0.316 e. The summed E-state index contributed by atoms with van der Waals surface area (Å²) in [5, 5.41) is 11.3. The quantitative estimate of drug-likeness (QED) is 0.173. The second-order valence-electron chi connectivity index (χ2n) is 15.7. The van der Waals surface area contributed by atoms with Crippen LogP contribution in [0, 0.1) is 27.6 Å². The fraction of sp³-hybridized carbons (Fsp3) is 1.00. The van der Waals surface area contributed by atoms with Gasteiger partial charge in [0.1, 0.15) is 0 Å². The molecule has 0 aromatic carbocycles. The van der Waals surface area contributed by atoms with Crippen LogP contribution in [-0.4, -0.2) is 38.8 Å². The molecular formula is C31H67N3. The van der Waals surface area contributed by atoms with Crippen LogP contribution in [0.4, 0.5) is 0 Å². The molecule has 0 rings (SSSR count). The minimum atomic E-state index is 0.359. The van der Waals surface area contributed by atoms with Gasteiger partial charge in [0.2, 0.25) is 0 Å². The Bertz CT molecular complexity index is 490. The highest BCUT2D eigenvalue weighted by Gasteiger charge is 2.21. The maximum Gasteiger partial charge on any atom is 0.00388 e. The van der Waals surface area contributed by atoms with Gasteiger partial charge in [0.25, 0.3) is 0 Å². The molecule has 2 unspecified atom stereocenters. The lowest BCUT2D eigenvalue weighted by Gasteiger charge is -2.29. The smallest absolute Gasteiger partial charge is 0.00388 e. The van der Waals surface area contributed by atoms with Crippen LogP contribution in [0.25, 0.3) is 0 Å². The Hall–Kier alpha value is -0.120. The van der Waals surface area contributed by atoms with Crippen molar-refractivity contribution in [3.8, 4) is 0 Å². The normalized spacial score (nSPS) is 15.5. The van der Waals surface area contributed by atoms with Crippen LogP contribution in [0.5, 0.6) is 0 Å². The third-order valence-corrected chi connectivity index (χ3v) is 6.97. The van der Waals surface area contributed by atoms with Gasteiger partial charge < -0.3 is 16.0 Å². The van der Waals surface area contributed by atoms with Crippen LogP contribution in [0.2, 0.25) is 0 Å². The monoisotopic (exact) mass is 482 g/mol. The molecule has 0 aliphatic heterocycles. The highest BCUT2D eigenvalue weighted by Crippen LogP contribution is 2.27. The molecule has 0 heterocycles. The van der Waals surface area contributed by atoms with Crippen LogP contribution in [0.1, 0.15) is 134 Å². The van der Waals surface area contributed by atoms with Crippen molar-refractivity contribution in [2.75, 3.05) is 32.7 Å². The van der Waals surface area contributed by atoms with Crippen molar-refractivity contribution in [1.82, 2.24) is 16.0 Å². The second-order valence-corrected chi connectivity index (χ2v) is 15.7. The number of nitrogens with one attached hydrogen (secondary N) is 3. The van der Waals surface area contributed by atoms with Crippen molar-refractivity contribution >= 4 is 0 Å². The van der Waals surface area contributed by atoms with E-state index < -0.39 is 0 Å². The standard InChI is InChI=1S/C31H67N3/c1-26(34-21-13-17-28(2,3)4)14-15-27(24-32-22-19-29(5,6)7)16-18-31(11,12)25-33-23-20-30(8,9)10/h26-27,32-34H,13-25H2,1-12H3. The Balaban J connectivity index is 4.53. The SMILES string of the molecule is CC(CCC(CCC(C)(C)CNCCC(C)(C)C)CNCCC(C)(C)C)NCCCC(C)(C)C. The molecule has 0 aliphatic rings. The third kappa shape index (κ3) is 23.6. The van der Waals surface area contributed by atoms with Gasteiger partial charge in [-0.25, -0.2) is 0 Å². The van der Waals surface area contributed by atoms with Crippen molar-refractivity contribution in [2.24, 2.45) is 27.6 Å². The van der Waals surface area contributed by atoms with E-state index in [-0.39, 0.29) is 0 Å². The van der Waals surface area contributed by atoms with Gasteiger partial charge in [-0.15, -0.1) is 0 Å². The lowest BCUT2D eigenvalue weighted by molar-refractivity contribution is 0.256. The van der Waals surface area contributed by atoms with E-state index in [0.29, 0.717) is 27.7 Å². The molecule has 0 aromatic rings. The summed E-state index contributed by atoms with van der Waals surface area (Å²) in [5.41, 5.74) is 1.63. The summed E-state index contributed by atoms with van der Waals surface area (Å²) in [5.74, 6) is 0.771. The largest absolute Gasteiger partial charge is 0.316 e. The van der Waals surface area contributed by atoms with Crippen LogP contribution < -0.4 is 16.0 Å². The molecule has 3 heteroatoms. The molecule has 0 saturated heterocycles. The average molecular weight is 482 g/mol. The number of hydrogen-bond acceptors (Lipinski definition) is 3. The van der Waals surface area contributed by atoms with E-state index in [2.05, 4.69) is 99.0 Å². The lowest BCUT2D eigenvalue weighted by atomic mass is 9.82. The highest BCUT2D eigenvalue weighted by molar-refractivity contribution is 4.77. The summed E-state index contributed by atoms with van der Waals surface area (Å²) < 4.78 is 0. The summed E-state index contributed by atoms with van der Waals surface area (Å²) in [6.07, 6.45) is 10.3. The molecule has 0 aromatic heterocycles. The minimum absolute atomic E-state index is 0.359. The first-order valence-corrected chi connectivity index (χ1v) is 14.5. The Morgan fingerprint density at radius 3 is 1.62 bits per heavy atom. The zero-order chi connectivity index (χ0) is 26.5. The summed E-state index contributed by atoms with van der Waals surface area (Å²) in [7, 11) is 0. The predicted octanol–water partition coefficient (Wildman–Crippen LogP) is 8.05.